The highest BCUT2D eigenvalue weighted by atomic mass is 16.5. The first-order chi connectivity index (χ1) is 7.93. The van der Waals surface area contributed by atoms with E-state index in [0.717, 1.165) is 19.7 Å². The van der Waals surface area contributed by atoms with E-state index >= 15 is 0 Å². The largest absolute Gasteiger partial charge is 0.360 e. The van der Waals surface area contributed by atoms with E-state index in [-0.39, 0.29) is 5.60 Å². The molecule has 100 valence electrons. The highest BCUT2D eigenvalue weighted by molar-refractivity contribution is 5.16. The molecule has 1 heterocycles. The van der Waals surface area contributed by atoms with Crippen molar-refractivity contribution in [3.63, 3.8) is 0 Å². The predicted molar refractivity (Wildman–Crippen MR) is 75.0 cm³/mol. The third kappa shape index (κ3) is 6.10. The van der Waals surface area contributed by atoms with Crippen molar-refractivity contribution in [2.24, 2.45) is 5.92 Å². The molecular weight excluding hydrogens is 210 g/mol. The van der Waals surface area contributed by atoms with Crippen LogP contribution in [-0.4, -0.2) is 36.2 Å². The second-order valence-corrected chi connectivity index (χ2v) is 5.07. The van der Waals surface area contributed by atoms with E-state index in [0.29, 0.717) is 12.0 Å². The normalized spacial score (nSPS) is 25.0. The Kier molecular flexibility index (Phi) is 7.50. The van der Waals surface area contributed by atoms with Crippen LogP contribution in [0.15, 0.2) is 0 Å². The molecule has 0 aliphatic carbocycles. The number of hydrogen-bond acceptors (Lipinski definition) is 2. The fourth-order valence-corrected chi connectivity index (χ4v) is 1.71. The van der Waals surface area contributed by atoms with Crippen LogP contribution >= 0.6 is 0 Å². The summed E-state index contributed by atoms with van der Waals surface area (Å²) in [5.74, 6) is 6.90. The van der Waals surface area contributed by atoms with E-state index in [9.17, 15) is 0 Å². The first kappa shape index (κ1) is 16.5. The number of ether oxygens (including phenoxy) is 1. The lowest BCUT2D eigenvalue weighted by Gasteiger charge is -2.39. The average molecular weight is 239 g/mol. The lowest BCUT2D eigenvalue weighted by molar-refractivity contribution is -0.0703. The van der Waals surface area contributed by atoms with Crippen molar-refractivity contribution in [2.75, 3.05) is 19.7 Å². The van der Waals surface area contributed by atoms with Crippen molar-refractivity contribution >= 4 is 0 Å². The topological polar surface area (TPSA) is 12.5 Å². The van der Waals surface area contributed by atoms with Crippen LogP contribution in [0.2, 0.25) is 0 Å². The molecule has 0 aromatic carbocycles. The molecular formula is C15H29NO. The molecule has 0 aromatic rings. The SMILES string of the molecule is CC.CC(C)C#C[C@]1(C)CN(C(C)C)CCO1. The Morgan fingerprint density at radius 1 is 1.18 bits per heavy atom. The Morgan fingerprint density at radius 3 is 2.24 bits per heavy atom. The fourth-order valence-electron chi connectivity index (χ4n) is 1.71. The highest BCUT2D eigenvalue weighted by Crippen LogP contribution is 2.18. The number of rotatable bonds is 1. The molecule has 2 heteroatoms. The van der Waals surface area contributed by atoms with Crippen molar-refractivity contribution in [1.29, 1.82) is 0 Å². The minimum atomic E-state index is -0.271. The number of morpholine rings is 1. The van der Waals surface area contributed by atoms with E-state index in [1.807, 2.05) is 13.8 Å². The molecule has 0 radical (unpaired) electrons. The van der Waals surface area contributed by atoms with Gasteiger partial charge in [0.1, 0.15) is 5.60 Å². The van der Waals surface area contributed by atoms with Crippen LogP contribution in [0.1, 0.15) is 48.5 Å². The smallest absolute Gasteiger partial charge is 0.138 e. The molecule has 1 atom stereocenters. The summed E-state index contributed by atoms with van der Waals surface area (Å²) in [5.41, 5.74) is -0.271. The van der Waals surface area contributed by atoms with Gasteiger partial charge in [0.2, 0.25) is 0 Å². The van der Waals surface area contributed by atoms with Gasteiger partial charge < -0.3 is 4.74 Å². The lowest BCUT2D eigenvalue weighted by atomic mass is 10.0. The molecule has 1 aliphatic rings. The summed E-state index contributed by atoms with van der Waals surface area (Å²) < 4.78 is 5.78. The molecule has 1 fully saturated rings. The minimum Gasteiger partial charge on any atom is -0.360 e. The fraction of sp³-hybridized carbons (Fsp3) is 0.867. The Morgan fingerprint density at radius 2 is 1.76 bits per heavy atom. The average Bonchev–Trinajstić information content (AvgIpc) is 2.29. The van der Waals surface area contributed by atoms with E-state index in [1.54, 1.807) is 0 Å². The van der Waals surface area contributed by atoms with Crippen LogP contribution in [0, 0.1) is 17.8 Å². The van der Waals surface area contributed by atoms with Gasteiger partial charge in [-0.25, -0.2) is 0 Å². The summed E-state index contributed by atoms with van der Waals surface area (Å²) in [6.07, 6.45) is 0. The molecule has 1 saturated heterocycles. The Balaban J connectivity index is 0.00000121. The molecule has 0 N–H and O–H groups in total. The zero-order valence-electron chi connectivity index (χ0n) is 12.6. The highest BCUT2D eigenvalue weighted by Gasteiger charge is 2.31. The standard InChI is InChI=1S/C13H23NO.C2H6/c1-11(2)6-7-13(5)10-14(12(3)4)8-9-15-13;1-2/h11-12H,8-10H2,1-5H3;1-2H3/t13-;/m1./s1. The summed E-state index contributed by atoms with van der Waals surface area (Å²) >= 11 is 0. The molecule has 0 unspecified atom stereocenters. The molecule has 0 saturated carbocycles. The summed E-state index contributed by atoms with van der Waals surface area (Å²) in [6, 6.07) is 0.578. The van der Waals surface area contributed by atoms with Crippen molar-refractivity contribution < 1.29 is 4.74 Å². The van der Waals surface area contributed by atoms with Gasteiger partial charge in [-0.3, -0.25) is 4.90 Å². The van der Waals surface area contributed by atoms with Gasteiger partial charge >= 0.3 is 0 Å². The first-order valence-electron chi connectivity index (χ1n) is 6.84. The van der Waals surface area contributed by atoms with Crippen molar-refractivity contribution in [2.45, 2.75) is 60.1 Å². The third-order valence-electron chi connectivity index (χ3n) is 2.66. The summed E-state index contributed by atoms with van der Waals surface area (Å²) in [6.45, 7) is 17.5. The summed E-state index contributed by atoms with van der Waals surface area (Å²) in [7, 11) is 0. The molecule has 17 heavy (non-hydrogen) atoms. The maximum Gasteiger partial charge on any atom is 0.138 e. The lowest BCUT2D eigenvalue weighted by Crippen LogP contribution is -2.51. The maximum atomic E-state index is 5.78. The molecule has 1 aliphatic heterocycles. The second kappa shape index (κ2) is 7.74. The van der Waals surface area contributed by atoms with Gasteiger partial charge in [-0.1, -0.05) is 39.5 Å². The van der Waals surface area contributed by atoms with Gasteiger partial charge in [-0.05, 0) is 20.8 Å². The van der Waals surface area contributed by atoms with Crippen LogP contribution < -0.4 is 0 Å². The van der Waals surface area contributed by atoms with E-state index < -0.39 is 0 Å². The third-order valence-corrected chi connectivity index (χ3v) is 2.66. The minimum absolute atomic E-state index is 0.271. The zero-order chi connectivity index (χ0) is 13.5. The zero-order valence-corrected chi connectivity index (χ0v) is 12.6. The first-order valence-corrected chi connectivity index (χ1v) is 6.84. The predicted octanol–water partition coefficient (Wildman–Crippen LogP) is 3.17. The van der Waals surface area contributed by atoms with Gasteiger partial charge in [0.15, 0.2) is 0 Å². The molecule has 0 spiro atoms. The van der Waals surface area contributed by atoms with E-state index in [1.165, 1.54) is 0 Å². The maximum absolute atomic E-state index is 5.78. The molecule has 1 rings (SSSR count). The van der Waals surface area contributed by atoms with Gasteiger partial charge in [0.25, 0.3) is 0 Å². The van der Waals surface area contributed by atoms with E-state index in [2.05, 4.69) is 51.4 Å². The second-order valence-electron chi connectivity index (χ2n) is 5.07. The summed E-state index contributed by atoms with van der Waals surface area (Å²) in [5, 5.41) is 0. The quantitative estimate of drug-likeness (QED) is 0.652. The van der Waals surface area contributed by atoms with Gasteiger partial charge in [-0.15, -0.1) is 0 Å². The molecule has 0 amide bonds. The molecule has 2 nitrogen and oxygen atoms in total. The Hall–Kier alpha value is -0.520. The summed E-state index contributed by atoms with van der Waals surface area (Å²) in [4.78, 5) is 2.43. The Bertz CT molecular complexity index is 262. The Labute approximate surface area is 108 Å². The van der Waals surface area contributed by atoms with Crippen LogP contribution in [0.5, 0.6) is 0 Å². The van der Waals surface area contributed by atoms with Gasteiger partial charge in [0, 0.05) is 25.0 Å². The molecule has 0 bridgehead atoms. The monoisotopic (exact) mass is 239 g/mol. The number of nitrogens with zero attached hydrogens (tertiary/aromatic N) is 1. The molecule has 0 aromatic heterocycles. The van der Waals surface area contributed by atoms with Gasteiger partial charge in [-0.2, -0.15) is 0 Å². The number of hydrogen-bond donors (Lipinski definition) is 0. The van der Waals surface area contributed by atoms with Crippen LogP contribution in [0.4, 0.5) is 0 Å². The van der Waals surface area contributed by atoms with Gasteiger partial charge in [0.05, 0.1) is 6.61 Å². The van der Waals surface area contributed by atoms with Crippen LogP contribution in [-0.2, 0) is 4.74 Å². The van der Waals surface area contributed by atoms with Crippen molar-refractivity contribution in [1.82, 2.24) is 4.90 Å². The van der Waals surface area contributed by atoms with Crippen molar-refractivity contribution in [3.8, 4) is 11.8 Å². The van der Waals surface area contributed by atoms with E-state index in [4.69, 9.17) is 4.74 Å². The van der Waals surface area contributed by atoms with Crippen molar-refractivity contribution in [3.05, 3.63) is 0 Å². The van der Waals surface area contributed by atoms with Crippen LogP contribution in [0.3, 0.4) is 0 Å². The van der Waals surface area contributed by atoms with Crippen LogP contribution in [0.25, 0.3) is 0 Å².